The van der Waals surface area contributed by atoms with Crippen LogP contribution in [0.2, 0.25) is 0 Å². The SMILES string of the molecule is O=C(Cn1ccc2ccccc21)N1[C@@H]2CCC[C@H]1CC(O)C2. The van der Waals surface area contributed by atoms with Crippen molar-refractivity contribution in [1.29, 1.82) is 0 Å². The van der Waals surface area contributed by atoms with Crippen molar-refractivity contribution < 1.29 is 9.90 Å². The minimum Gasteiger partial charge on any atom is -0.393 e. The first-order valence-electron chi connectivity index (χ1n) is 8.25. The minimum atomic E-state index is -0.230. The van der Waals surface area contributed by atoms with Gasteiger partial charge in [-0.2, -0.15) is 0 Å². The predicted octanol–water partition coefficient (Wildman–Crippen LogP) is 2.55. The van der Waals surface area contributed by atoms with E-state index in [0.29, 0.717) is 6.54 Å². The molecule has 0 aliphatic carbocycles. The van der Waals surface area contributed by atoms with E-state index in [0.717, 1.165) is 31.2 Å². The number of aliphatic hydroxyl groups is 1. The van der Waals surface area contributed by atoms with E-state index in [1.54, 1.807) is 0 Å². The number of rotatable bonds is 2. The Balaban J connectivity index is 1.57. The zero-order chi connectivity index (χ0) is 15.1. The van der Waals surface area contributed by atoms with Gasteiger partial charge in [0.25, 0.3) is 0 Å². The van der Waals surface area contributed by atoms with Crippen LogP contribution in [0.4, 0.5) is 0 Å². The van der Waals surface area contributed by atoms with Crippen molar-refractivity contribution in [2.45, 2.75) is 56.8 Å². The van der Waals surface area contributed by atoms with E-state index in [1.165, 1.54) is 11.8 Å². The molecule has 2 aliphatic rings. The molecule has 1 N–H and O–H groups in total. The second-order valence-corrected chi connectivity index (χ2v) is 6.67. The van der Waals surface area contributed by atoms with E-state index in [2.05, 4.69) is 23.1 Å². The number of aromatic nitrogens is 1. The predicted molar refractivity (Wildman–Crippen MR) is 85.5 cm³/mol. The first-order valence-corrected chi connectivity index (χ1v) is 8.25. The van der Waals surface area contributed by atoms with E-state index in [-0.39, 0.29) is 24.1 Å². The smallest absolute Gasteiger partial charge is 0.243 e. The third-order valence-electron chi connectivity index (χ3n) is 5.22. The number of amides is 1. The Morgan fingerprint density at radius 3 is 2.64 bits per heavy atom. The monoisotopic (exact) mass is 298 g/mol. The maximum atomic E-state index is 12.9. The van der Waals surface area contributed by atoms with Crippen molar-refractivity contribution >= 4 is 16.8 Å². The number of para-hydroxylation sites is 1. The molecule has 1 amide bonds. The fraction of sp³-hybridized carbons (Fsp3) is 0.500. The largest absolute Gasteiger partial charge is 0.393 e. The van der Waals surface area contributed by atoms with Crippen molar-refractivity contribution in [3.8, 4) is 0 Å². The van der Waals surface area contributed by atoms with Crippen molar-refractivity contribution in [2.75, 3.05) is 0 Å². The Bertz CT molecular complexity index is 679. The van der Waals surface area contributed by atoms with Crippen LogP contribution < -0.4 is 0 Å². The summed E-state index contributed by atoms with van der Waals surface area (Å²) < 4.78 is 2.04. The summed E-state index contributed by atoms with van der Waals surface area (Å²) in [7, 11) is 0. The summed E-state index contributed by atoms with van der Waals surface area (Å²) in [6.45, 7) is 0.399. The van der Waals surface area contributed by atoms with Gasteiger partial charge < -0.3 is 14.6 Å². The van der Waals surface area contributed by atoms with Gasteiger partial charge in [0, 0.05) is 23.8 Å². The summed E-state index contributed by atoms with van der Waals surface area (Å²) in [5.41, 5.74) is 1.11. The standard InChI is InChI=1S/C18H22N2O2/c21-16-10-14-5-3-6-15(11-16)20(14)18(22)12-19-9-8-13-4-1-2-7-17(13)19/h1-2,4,7-9,14-16,21H,3,5-6,10-12H2/t14-,15+,16?. The lowest BCUT2D eigenvalue weighted by atomic mass is 9.83. The molecular formula is C18H22N2O2. The highest BCUT2D eigenvalue weighted by atomic mass is 16.3. The van der Waals surface area contributed by atoms with E-state index < -0.39 is 0 Å². The average Bonchev–Trinajstić information content (AvgIpc) is 2.89. The van der Waals surface area contributed by atoms with Crippen LogP contribution in [0.1, 0.15) is 32.1 Å². The molecule has 2 aliphatic heterocycles. The highest BCUT2D eigenvalue weighted by Crippen LogP contribution is 2.34. The number of benzene rings is 1. The summed E-state index contributed by atoms with van der Waals surface area (Å²) in [4.78, 5) is 14.9. The fourth-order valence-electron chi connectivity index (χ4n) is 4.27. The van der Waals surface area contributed by atoms with Crippen molar-refractivity contribution in [1.82, 2.24) is 9.47 Å². The molecule has 0 saturated carbocycles. The first-order chi connectivity index (χ1) is 10.7. The maximum Gasteiger partial charge on any atom is 0.243 e. The molecule has 4 nitrogen and oxygen atoms in total. The fourth-order valence-corrected chi connectivity index (χ4v) is 4.27. The van der Waals surface area contributed by atoms with Gasteiger partial charge in [-0.3, -0.25) is 4.79 Å². The molecule has 2 bridgehead atoms. The van der Waals surface area contributed by atoms with Crippen molar-refractivity contribution in [3.63, 3.8) is 0 Å². The highest BCUT2D eigenvalue weighted by Gasteiger charge is 2.40. The van der Waals surface area contributed by atoms with E-state index in [1.807, 2.05) is 22.9 Å². The second-order valence-electron chi connectivity index (χ2n) is 6.67. The van der Waals surface area contributed by atoms with E-state index >= 15 is 0 Å². The lowest BCUT2D eigenvalue weighted by Gasteiger charge is -2.47. The van der Waals surface area contributed by atoms with E-state index in [4.69, 9.17) is 0 Å². The first kappa shape index (κ1) is 13.8. The number of piperidine rings is 2. The van der Waals surface area contributed by atoms with Crippen LogP contribution in [0.3, 0.4) is 0 Å². The molecular weight excluding hydrogens is 276 g/mol. The molecule has 2 saturated heterocycles. The zero-order valence-corrected chi connectivity index (χ0v) is 12.7. The Hall–Kier alpha value is -1.81. The molecule has 3 heterocycles. The summed E-state index contributed by atoms with van der Waals surface area (Å²) in [5.74, 6) is 0.197. The zero-order valence-electron chi connectivity index (χ0n) is 12.7. The van der Waals surface area contributed by atoms with Crippen LogP contribution in [0.5, 0.6) is 0 Å². The van der Waals surface area contributed by atoms with Gasteiger partial charge in [-0.1, -0.05) is 18.2 Å². The Kier molecular flexibility index (Phi) is 3.41. The van der Waals surface area contributed by atoms with Crippen LogP contribution in [0.25, 0.3) is 10.9 Å². The molecule has 2 aromatic rings. The van der Waals surface area contributed by atoms with Gasteiger partial charge in [-0.25, -0.2) is 0 Å². The van der Waals surface area contributed by atoms with Crippen molar-refractivity contribution in [3.05, 3.63) is 36.5 Å². The molecule has 22 heavy (non-hydrogen) atoms. The van der Waals surface area contributed by atoms with Crippen LogP contribution in [-0.2, 0) is 11.3 Å². The van der Waals surface area contributed by atoms with Gasteiger partial charge in [0.2, 0.25) is 5.91 Å². The highest BCUT2D eigenvalue weighted by molar-refractivity contribution is 5.83. The van der Waals surface area contributed by atoms with Crippen LogP contribution >= 0.6 is 0 Å². The van der Waals surface area contributed by atoms with Crippen LogP contribution in [0, 0.1) is 0 Å². The normalized spacial score (nSPS) is 28.0. The number of aliphatic hydroxyl groups excluding tert-OH is 1. The number of hydrogen-bond donors (Lipinski definition) is 1. The third kappa shape index (κ3) is 2.31. The van der Waals surface area contributed by atoms with E-state index in [9.17, 15) is 9.90 Å². The van der Waals surface area contributed by atoms with Gasteiger partial charge in [0.1, 0.15) is 6.54 Å². The number of hydrogen-bond acceptors (Lipinski definition) is 2. The van der Waals surface area contributed by atoms with Gasteiger partial charge >= 0.3 is 0 Å². The van der Waals surface area contributed by atoms with Crippen LogP contribution in [-0.4, -0.2) is 38.7 Å². The van der Waals surface area contributed by atoms with Gasteiger partial charge in [0.05, 0.1) is 6.10 Å². The molecule has 2 fully saturated rings. The van der Waals surface area contributed by atoms with Gasteiger partial charge in [-0.15, -0.1) is 0 Å². The Labute approximate surface area is 130 Å². The summed E-state index contributed by atoms with van der Waals surface area (Å²) >= 11 is 0. The minimum absolute atomic E-state index is 0.197. The number of carbonyl (C=O) groups is 1. The van der Waals surface area contributed by atoms with Gasteiger partial charge in [0.15, 0.2) is 0 Å². The topological polar surface area (TPSA) is 45.5 Å². The van der Waals surface area contributed by atoms with Crippen LogP contribution in [0.15, 0.2) is 36.5 Å². The molecule has 0 spiro atoms. The average molecular weight is 298 g/mol. The Morgan fingerprint density at radius 2 is 1.86 bits per heavy atom. The maximum absolute atomic E-state index is 12.9. The molecule has 0 radical (unpaired) electrons. The summed E-state index contributed by atoms with van der Waals surface area (Å²) in [5, 5.41) is 11.1. The molecule has 3 atom stereocenters. The second kappa shape index (κ2) is 5.43. The number of nitrogens with zero attached hydrogens (tertiary/aromatic N) is 2. The summed E-state index contributed by atoms with van der Waals surface area (Å²) in [6, 6.07) is 10.7. The molecule has 1 aromatic heterocycles. The molecule has 116 valence electrons. The Morgan fingerprint density at radius 1 is 1.14 bits per heavy atom. The van der Waals surface area contributed by atoms with Crippen molar-refractivity contribution in [2.24, 2.45) is 0 Å². The van der Waals surface area contributed by atoms with Gasteiger partial charge in [-0.05, 0) is 49.6 Å². The molecule has 4 heteroatoms. The third-order valence-corrected chi connectivity index (χ3v) is 5.22. The number of carbonyl (C=O) groups excluding carboxylic acids is 1. The molecule has 1 aromatic carbocycles. The summed E-state index contributed by atoms with van der Waals surface area (Å²) in [6.07, 6.45) is 6.50. The molecule has 1 unspecified atom stereocenters. The number of fused-ring (bicyclic) bond motifs is 3. The lowest BCUT2D eigenvalue weighted by Crippen LogP contribution is -2.56. The molecule has 4 rings (SSSR count). The quantitative estimate of drug-likeness (QED) is 0.926. The lowest BCUT2D eigenvalue weighted by molar-refractivity contribution is -0.144.